The molecule has 5 heteroatoms. The zero-order valence-electron chi connectivity index (χ0n) is 20.5. The van der Waals surface area contributed by atoms with E-state index in [0.717, 1.165) is 55.0 Å². The number of hydrogen-bond acceptors (Lipinski definition) is 4. The van der Waals surface area contributed by atoms with Gasteiger partial charge in [0, 0.05) is 26.2 Å². The largest absolute Gasteiger partial charge is 0.508 e. The first-order valence-corrected chi connectivity index (χ1v) is 12.2. The SMILES string of the molecule is CCCCCOc1ccc(C=CC(=O)NCCc2ccc(O)cc2)cc1N(C)CCCCC. The first-order valence-electron chi connectivity index (χ1n) is 12.2. The fourth-order valence-electron chi connectivity index (χ4n) is 3.54. The maximum atomic E-state index is 12.3. The third kappa shape index (κ3) is 10.0. The predicted octanol–water partition coefficient (Wildman–Crippen LogP) is 5.96. The minimum absolute atomic E-state index is 0.119. The van der Waals surface area contributed by atoms with Crippen LogP contribution >= 0.6 is 0 Å². The molecule has 0 spiro atoms. The van der Waals surface area contributed by atoms with Crippen molar-refractivity contribution in [2.45, 2.75) is 58.8 Å². The zero-order chi connectivity index (χ0) is 23.9. The van der Waals surface area contributed by atoms with Crippen molar-refractivity contribution in [2.24, 2.45) is 0 Å². The predicted molar refractivity (Wildman–Crippen MR) is 138 cm³/mol. The normalized spacial score (nSPS) is 11.0. The molecule has 33 heavy (non-hydrogen) atoms. The molecule has 180 valence electrons. The number of phenolic OH excluding ortho intramolecular Hbond substituents is 1. The van der Waals surface area contributed by atoms with Gasteiger partial charge < -0.3 is 20.1 Å². The third-order valence-electron chi connectivity index (χ3n) is 5.57. The number of amides is 1. The Bertz CT molecular complexity index is 862. The fourth-order valence-corrected chi connectivity index (χ4v) is 3.54. The van der Waals surface area contributed by atoms with E-state index in [4.69, 9.17) is 4.74 Å². The number of unbranched alkanes of at least 4 members (excludes halogenated alkanes) is 4. The smallest absolute Gasteiger partial charge is 0.244 e. The van der Waals surface area contributed by atoms with Gasteiger partial charge in [-0.1, -0.05) is 57.7 Å². The Morgan fingerprint density at radius 3 is 2.48 bits per heavy atom. The van der Waals surface area contributed by atoms with E-state index in [1.807, 2.05) is 30.3 Å². The Hall–Kier alpha value is -2.95. The molecule has 2 aromatic carbocycles. The molecule has 0 aliphatic carbocycles. The lowest BCUT2D eigenvalue weighted by Crippen LogP contribution is -2.23. The molecule has 2 rings (SSSR count). The lowest BCUT2D eigenvalue weighted by molar-refractivity contribution is -0.116. The quantitative estimate of drug-likeness (QED) is 0.259. The second-order valence-electron chi connectivity index (χ2n) is 8.45. The summed E-state index contributed by atoms with van der Waals surface area (Å²) in [5, 5.41) is 12.3. The van der Waals surface area contributed by atoms with Crippen molar-refractivity contribution in [2.75, 3.05) is 31.6 Å². The van der Waals surface area contributed by atoms with Crippen LogP contribution in [0.15, 0.2) is 48.5 Å². The van der Waals surface area contributed by atoms with Gasteiger partial charge in [-0.3, -0.25) is 4.79 Å². The molecule has 0 unspecified atom stereocenters. The molecule has 5 nitrogen and oxygen atoms in total. The standard InChI is InChI=1S/C28H40N2O3/c1-4-6-8-20-30(3)26-22-24(12-16-27(26)33-21-9-7-5-2)13-17-28(32)29-19-18-23-10-14-25(31)15-11-23/h10-17,22,31H,4-9,18-21H2,1-3H3,(H,29,32). The van der Waals surface area contributed by atoms with E-state index in [-0.39, 0.29) is 11.7 Å². The Morgan fingerprint density at radius 2 is 1.76 bits per heavy atom. The second-order valence-corrected chi connectivity index (χ2v) is 8.45. The zero-order valence-corrected chi connectivity index (χ0v) is 20.5. The van der Waals surface area contributed by atoms with Crippen LogP contribution in [0.5, 0.6) is 11.5 Å². The lowest BCUT2D eigenvalue weighted by Gasteiger charge is -2.23. The van der Waals surface area contributed by atoms with Gasteiger partial charge in [-0.15, -0.1) is 0 Å². The van der Waals surface area contributed by atoms with Gasteiger partial charge in [0.05, 0.1) is 12.3 Å². The number of nitrogens with zero attached hydrogens (tertiary/aromatic N) is 1. The highest BCUT2D eigenvalue weighted by molar-refractivity contribution is 5.91. The van der Waals surface area contributed by atoms with E-state index >= 15 is 0 Å². The van der Waals surface area contributed by atoms with Gasteiger partial charge in [-0.25, -0.2) is 0 Å². The minimum Gasteiger partial charge on any atom is -0.508 e. The summed E-state index contributed by atoms with van der Waals surface area (Å²) < 4.78 is 6.09. The second kappa shape index (κ2) is 15.0. The minimum atomic E-state index is -0.119. The number of ether oxygens (including phenoxy) is 1. The number of carbonyl (C=O) groups excluding carboxylic acids is 1. The molecule has 0 saturated carbocycles. The molecule has 1 amide bonds. The Balaban J connectivity index is 1.97. The highest BCUT2D eigenvalue weighted by Crippen LogP contribution is 2.30. The lowest BCUT2D eigenvalue weighted by atomic mass is 10.1. The monoisotopic (exact) mass is 452 g/mol. The fraction of sp³-hybridized carbons (Fsp3) is 0.464. The third-order valence-corrected chi connectivity index (χ3v) is 5.57. The average molecular weight is 453 g/mol. The highest BCUT2D eigenvalue weighted by atomic mass is 16.5. The molecule has 0 heterocycles. The molecular formula is C28H40N2O3. The van der Waals surface area contributed by atoms with E-state index in [1.54, 1.807) is 18.2 Å². The summed E-state index contributed by atoms with van der Waals surface area (Å²) in [5.41, 5.74) is 3.11. The summed E-state index contributed by atoms with van der Waals surface area (Å²) in [5.74, 6) is 1.03. The van der Waals surface area contributed by atoms with Gasteiger partial charge in [0.15, 0.2) is 0 Å². The van der Waals surface area contributed by atoms with E-state index in [2.05, 4.69) is 37.2 Å². The van der Waals surface area contributed by atoms with Crippen LogP contribution in [-0.4, -0.2) is 37.8 Å². The van der Waals surface area contributed by atoms with Crippen LogP contribution in [0, 0.1) is 0 Å². The van der Waals surface area contributed by atoms with Crippen molar-refractivity contribution in [3.63, 3.8) is 0 Å². The summed E-state index contributed by atoms with van der Waals surface area (Å²) in [6, 6.07) is 13.2. The molecule has 0 aliphatic rings. The number of benzene rings is 2. The average Bonchev–Trinajstić information content (AvgIpc) is 2.82. The van der Waals surface area contributed by atoms with Gasteiger partial charge in [-0.05, 0) is 60.7 Å². The van der Waals surface area contributed by atoms with Crippen molar-refractivity contribution in [3.8, 4) is 11.5 Å². The molecule has 2 aromatic rings. The van der Waals surface area contributed by atoms with Gasteiger partial charge >= 0.3 is 0 Å². The molecule has 0 saturated heterocycles. The molecular weight excluding hydrogens is 412 g/mol. The van der Waals surface area contributed by atoms with Crippen LogP contribution in [0.4, 0.5) is 5.69 Å². The van der Waals surface area contributed by atoms with Crippen LogP contribution in [0.2, 0.25) is 0 Å². The number of phenols is 1. The Morgan fingerprint density at radius 1 is 1.03 bits per heavy atom. The van der Waals surface area contributed by atoms with Gasteiger partial charge in [0.25, 0.3) is 0 Å². The van der Waals surface area contributed by atoms with Crippen molar-refractivity contribution >= 4 is 17.7 Å². The summed E-state index contributed by atoms with van der Waals surface area (Å²) in [6.45, 7) is 6.65. The molecule has 0 fully saturated rings. The van der Waals surface area contributed by atoms with Crippen molar-refractivity contribution in [3.05, 3.63) is 59.7 Å². The summed E-state index contributed by atoms with van der Waals surface area (Å²) in [4.78, 5) is 14.5. The number of aromatic hydroxyl groups is 1. The molecule has 0 atom stereocenters. The first kappa shape index (κ1) is 26.3. The summed E-state index contributed by atoms with van der Waals surface area (Å²) >= 11 is 0. The number of hydrogen-bond donors (Lipinski definition) is 2. The number of carbonyl (C=O) groups is 1. The van der Waals surface area contributed by atoms with Crippen molar-refractivity contribution in [1.29, 1.82) is 0 Å². The summed E-state index contributed by atoms with van der Waals surface area (Å²) in [6.07, 6.45) is 11.1. The topological polar surface area (TPSA) is 61.8 Å². The molecule has 0 radical (unpaired) electrons. The van der Waals surface area contributed by atoms with Gasteiger partial charge in [0.2, 0.25) is 5.91 Å². The van der Waals surface area contributed by atoms with Crippen LogP contribution < -0.4 is 15.0 Å². The van der Waals surface area contributed by atoms with Crippen LogP contribution in [-0.2, 0) is 11.2 Å². The van der Waals surface area contributed by atoms with Gasteiger partial charge in [-0.2, -0.15) is 0 Å². The van der Waals surface area contributed by atoms with Crippen molar-refractivity contribution in [1.82, 2.24) is 5.32 Å². The Labute approximate surface area is 199 Å². The van der Waals surface area contributed by atoms with Crippen LogP contribution in [0.25, 0.3) is 6.08 Å². The van der Waals surface area contributed by atoms with E-state index in [1.165, 1.54) is 25.7 Å². The first-order chi connectivity index (χ1) is 16.0. The van der Waals surface area contributed by atoms with E-state index in [0.29, 0.717) is 6.54 Å². The highest BCUT2D eigenvalue weighted by Gasteiger charge is 2.10. The summed E-state index contributed by atoms with van der Waals surface area (Å²) in [7, 11) is 2.10. The molecule has 0 aromatic heterocycles. The van der Waals surface area contributed by atoms with E-state index in [9.17, 15) is 9.90 Å². The maximum Gasteiger partial charge on any atom is 0.244 e. The Kier molecular flexibility index (Phi) is 11.9. The van der Waals surface area contributed by atoms with Crippen LogP contribution in [0.3, 0.4) is 0 Å². The number of rotatable bonds is 15. The van der Waals surface area contributed by atoms with Crippen molar-refractivity contribution < 1.29 is 14.6 Å². The molecule has 0 bridgehead atoms. The maximum absolute atomic E-state index is 12.3. The molecule has 2 N–H and O–H groups in total. The van der Waals surface area contributed by atoms with E-state index < -0.39 is 0 Å². The van der Waals surface area contributed by atoms with Gasteiger partial charge in [0.1, 0.15) is 11.5 Å². The molecule has 0 aliphatic heterocycles. The number of anilines is 1. The number of nitrogens with one attached hydrogen (secondary N) is 1. The van der Waals surface area contributed by atoms with Crippen LogP contribution in [0.1, 0.15) is 63.5 Å².